The van der Waals surface area contributed by atoms with Crippen molar-refractivity contribution < 1.29 is 19.1 Å². The van der Waals surface area contributed by atoms with E-state index < -0.39 is 29.7 Å². The molecule has 0 aliphatic carbocycles. The van der Waals surface area contributed by atoms with Gasteiger partial charge in [-0.2, -0.15) is 0 Å². The molecule has 0 bridgehead atoms. The van der Waals surface area contributed by atoms with Crippen LogP contribution in [0.15, 0.2) is 54.6 Å². The molecular formula is C21H24N2O4. The molecule has 3 N–H and O–H groups in total. The molecule has 0 aliphatic heterocycles. The molecule has 0 saturated heterocycles. The van der Waals surface area contributed by atoms with Gasteiger partial charge in [0.2, 0.25) is 5.91 Å². The van der Waals surface area contributed by atoms with E-state index in [4.69, 9.17) is 10.5 Å². The van der Waals surface area contributed by atoms with Gasteiger partial charge in [-0.05, 0) is 36.6 Å². The lowest BCUT2D eigenvalue weighted by atomic mass is 10.0. The summed E-state index contributed by atoms with van der Waals surface area (Å²) in [6, 6.07) is 15.9. The van der Waals surface area contributed by atoms with Crippen LogP contribution >= 0.6 is 0 Å². The first-order chi connectivity index (χ1) is 12.9. The molecule has 2 aromatic rings. The van der Waals surface area contributed by atoms with E-state index in [-0.39, 0.29) is 13.0 Å². The molecule has 142 valence electrons. The van der Waals surface area contributed by atoms with Crippen LogP contribution in [0.4, 0.5) is 0 Å². The molecule has 0 fully saturated rings. The van der Waals surface area contributed by atoms with E-state index in [0.717, 1.165) is 11.1 Å². The monoisotopic (exact) mass is 368 g/mol. The van der Waals surface area contributed by atoms with Crippen LogP contribution in [0.1, 0.15) is 30.6 Å². The van der Waals surface area contributed by atoms with Crippen molar-refractivity contribution in [3.63, 3.8) is 0 Å². The van der Waals surface area contributed by atoms with Gasteiger partial charge < -0.3 is 15.8 Å². The van der Waals surface area contributed by atoms with Gasteiger partial charge in [-0.25, -0.2) is 0 Å². The van der Waals surface area contributed by atoms with Crippen LogP contribution in [0.3, 0.4) is 0 Å². The molecule has 27 heavy (non-hydrogen) atoms. The second-order valence-electron chi connectivity index (χ2n) is 6.26. The van der Waals surface area contributed by atoms with Gasteiger partial charge in [-0.15, -0.1) is 0 Å². The molecule has 6 nitrogen and oxygen atoms in total. The first kappa shape index (κ1) is 20.2. The Labute approximate surface area is 158 Å². The predicted molar refractivity (Wildman–Crippen MR) is 103 cm³/mol. The van der Waals surface area contributed by atoms with E-state index in [0.29, 0.717) is 5.56 Å². The zero-order valence-electron chi connectivity index (χ0n) is 15.5. The van der Waals surface area contributed by atoms with Crippen molar-refractivity contribution >= 4 is 17.8 Å². The minimum absolute atomic E-state index is 0.0853. The Balaban J connectivity index is 2.04. The highest BCUT2D eigenvalue weighted by atomic mass is 16.5. The quantitative estimate of drug-likeness (QED) is 0.700. The van der Waals surface area contributed by atoms with Crippen molar-refractivity contribution in [1.29, 1.82) is 0 Å². The highest BCUT2D eigenvalue weighted by Crippen LogP contribution is 2.19. The smallest absolute Gasteiger partial charge is 0.308 e. The Kier molecular flexibility index (Phi) is 7.11. The number of carbonyl (C=O) groups excluding carboxylic acids is 3. The summed E-state index contributed by atoms with van der Waals surface area (Å²) >= 11 is 0. The molecule has 0 aliphatic rings. The van der Waals surface area contributed by atoms with E-state index in [9.17, 15) is 14.4 Å². The normalized spacial score (nSPS) is 12.7. The molecule has 0 radical (unpaired) electrons. The molecule has 2 aromatic carbocycles. The van der Waals surface area contributed by atoms with Crippen LogP contribution < -0.4 is 11.1 Å². The fraction of sp³-hybridized carbons (Fsp3) is 0.286. The van der Waals surface area contributed by atoms with Crippen molar-refractivity contribution in [3.8, 4) is 11.1 Å². The molecule has 6 heteroatoms. The topological polar surface area (TPSA) is 98.5 Å². The fourth-order valence-electron chi connectivity index (χ4n) is 2.67. The lowest BCUT2D eigenvalue weighted by Crippen LogP contribution is -2.46. The minimum atomic E-state index is -0.953. The van der Waals surface area contributed by atoms with E-state index >= 15 is 0 Å². The summed E-state index contributed by atoms with van der Waals surface area (Å²) < 4.78 is 4.93. The lowest BCUT2D eigenvalue weighted by molar-refractivity contribution is -0.147. The number of nitrogens with one attached hydrogen (secondary N) is 1. The largest absolute Gasteiger partial charge is 0.466 e. The van der Waals surface area contributed by atoms with Gasteiger partial charge in [0.15, 0.2) is 0 Å². The average Bonchev–Trinajstić information content (AvgIpc) is 2.68. The summed E-state index contributed by atoms with van der Waals surface area (Å²) in [5.74, 6) is -2.09. The molecular weight excluding hydrogens is 344 g/mol. The number of primary amides is 1. The molecule has 0 aromatic heterocycles. The third-order valence-electron chi connectivity index (χ3n) is 4.18. The van der Waals surface area contributed by atoms with Crippen molar-refractivity contribution in [2.45, 2.75) is 26.3 Å². The lowest BCUT2D eigenvalue weighted by Gasteiger charge is -2.19. The summed E-state index contributed by atoms with van der Waals surface area (Å²) in [4.78, 5) is 35.9. The number of nitrogens with two attached hydrogens (primary N) is 1. The maximum Gasteiger partial charge on any atom is 0.308 e. The Bertz CT molecular complexity index is 788. The summed E-state index contributed by atoms with van der Waals surface area (Å²) in [6.45, 7) is 3.59. The number of benzene rings is 2. The van der Waals surface area contributed by atoms with Crippen LogP contribution in [0.2, 0.25) is 0 Å². The number of hydrogen-bond donors (Lipinski definition) is 2. The van der Waals surface area contributed by atoms with Gasteiger partial charge in [-0.3, -0.25) is 14.4 Å². The fourth-order valence-corrected chi connectivity index (χ4v) is 2.67. The molecule has 0 saturated carbocycles. The van der Waals surface area contributed by atoms with E-state index in [1.54, 1.807) is 26.0 Å². The molecule has 2 rings (SSSR count). The summed E-state index contributed by atoms with van der Waals surface area (Å²) in [5.41, 5.74) is 7.81. The molecule has 0 spiro atoms. The van der Waals surface area contributed by atoms with Crippen LogP contribution in [-0.2, 0) is 14.3 Å². The second kappa shape index (κ2) is 9.52. The SMILES string of the molecule is CCOC(=O)[C@@H](C)C[C@H](NC(=O)c1ccc(-c2ccccc2)cc1)C(N)=O. The zero-order chi connectivity index (χ0) is 19.8. The van der Waals surface area contributed by atoms with Crippen LogP contribution in [0.25, 0.3) is 11.1 Å². The predicted octanol–water partition coefficient (Wildman–Crippen LogP) is 2.53. The maximum absolute atomic E-state index is 12.4. The third-order valence-corrected chi connectivity index (χ3v) is 4.18. The number of rotatable bonds is 8. The Morgan fingerprint density at radius 2 is 1.59 bits per heavy atom. The van der Waals surface area contributed by atoms with Crippen molar-refractivity contribution in [2.75, 3.05) is 6.61 Å². The Morgan fingerprint density at radius 1 is 1.00 bits per heavy atom. The van der Waals surface area contributed by atoms with Gasteiger partial charge in [-0.1, -0.05) is 49.4 Å². The number of amides is 2. The van der Waals surface area contributed by atoms with Gasteiger partial charge in [0.25, 0.3) is 5.91 Å². The standard InChI is InChI=1S/C21H24N2O4/c1-3-27-21(26)14(2)13-18(19(22)24)23-20(25)17-11-9-16(10-12-17)15-7-5-4-6-8-15/h4-12,14,18H,3,13H2,1-2H3,(H2,22,24)(H,23,25)/t14-,18-/m0/s1. The van der Waals surface area contributed by atoms with Crippen LogP contribution in [0, 0.1) is 5.92 Å². The second-order valence-corrected chi connectivity index (χ2v) is 6.26. The molecule has 2 amide bonds. The van der Waals surface area contributed by atoms with Crippen LogP contribution in [-0.4, -0.2) is 30.4 Å². The summed E-state index contributed by atoms with van der Waals surface area (Å²) in [7, 11) is 0. The van der Waals surface area contributed by atoms with E-state index in [1.165, 1.54) is 0 Å². The number of carbonyl (C=O) groups is 3. The maximum atomic E-state index is 12.4. The first-order valence-corrected chi connectivity index (χ1v) is 8.84. The number of ether oxygens (including phenoxy) is 1. The molecule has 2 atom stereocenters. The zero-order valence-corrected chi connectivity index (χ0v) is 15.5. The minimum Gasteiger partial charge on any atom is -0.466 e. The van der Waals surface area contributed by atoms with Crippen LogP contribution in [0.5, 0.6) is 0 Å². The highest BCUT2D eigenvalue weighted by Gasteiger charge is 2.25. The third kappa shape index (κ3) is 5.67. The van der Waals surface area contributed by atoms with E-state index in [2.05, 4.69) is 5.32 Å². The Hall–Kier alpha value is -3.15. The Morgan fingerprint density at radius 3 is 2.15 bits per heavy atom. The van der Waals surface area contributed by atoms with Crippen molar-refractivity contribution in [3.05, 3.63) is 60.2 Å². The summed E-state index contributed by atoms with van der Waals surface area (Å²) in [5, 5.41) is 2.60. The van der Waals surface area contributed by atoms with Gasteiger partial charge in [0, 0.05) is 5.56 Å². The van der Waals surface area contributed by atoms with E-state index in [1.807, 2.05) is 42.5 Å². The number of hydrogen-bond acceptors (Lipinski definition) is 4. The van der Waals surface area contributed by atoms with Gasteiger partial charge in [0.1, 0.15) is 6.04 Å². The van der Waals surface area contributed by atoms with Gasteiger partial charge in [0.05, 0.1) is 12.5 Å². The average molecular weight is 368 g/mol. The molecule has 0 heterocycles. The van der Waals surface area contributed by atoms with Crippen molar-refractivity contribution in [2.24, 2.45) is 11.7 Å². The number of esters is 1. The van der Waals surface area contributed by atoms with Gasteiger partial charge >= 0.3 is 5.97 Å². The molecule has 0 unspecified atom stereocenters. The van der Waals surface area contributed by atoms with Crippen molar-refractivity contribution in [1.82, 2.24) is 5.32 Å². The summed E-state index contributed by atoms with van der Waals surface area (Å²) in [6.07, 6.45) is 0.0853. The first-order valence-electron chi connectivity index (χ1n) is 8.84. The highest BCUT2D eigenvalue weighted by molar-refractivity contribution is 5.97.